The third-order valence-electron chi connectivity index (χ3n) is 11.4. The van der Waals surface area contributed by atoms with Crippen molar-refractivity contribution >= 4 is 25.7 Å². The molecule has 3 unspecified atom stereocenters. The van der Waals surface area contributed by atoms with Gasteiger partial charge in [-0.2, -0.15) is 0 Å². The topological polar surface area (TPSA) is 155 Å². The highest BCUT2D eigenvalue weighted by Crippen LogP contribution is 2.43. The van der Waals surface area contributed by atoms with E-state index in [1.807, 2.05) is 24.3 Å². The Kier molecular flexibility index (Phi) is 54.6. The van der Waals surface area contributed by atoms with E-state index in [0.29, 0.717) is 25.7 Å². The van der Waals surface area contributed by atoms with Crippen LogP contribution >= 0.6 is 7.82 Å². The summed E-state index contributed by atoms with van der Waals surface area (Å²) in [5.41, 5.74) is 0. The van der Waals surface area contributed by atoms with E-state index in [-0.39, 0.29) is 19.3 Å². The Morgan fingerprint density at radius 1 is 0.372 bits per heavy atom. The van der Waals surface area contributed by atoms with Crippen LogP contribution in [0.5, 0.6) is 0 Å². The summed E-state index contributed by atoms with van der Waals surface area (Å²) >= 11 is 0. The lowest BCUT2D eigenvalue weighted by Crippen LogP contribution is -2.30. The summed E-state index contributed by atoms with van der Waals surface area (Å²) in [6.07, 6.45) is 76.6. The van der Waals surface area contributed by atoms with Gasteiger partial charge in [0.05, 0.1) is 19.8 Å². The molecule has 3 atom stereocenters. The van der Waals surface area contributed by atoms with Gasteiger partial charge < -0.3 is 24.2 Å². The molecule has 0 aromatic heterocycles. The van der Waals surface area contributed by atoms with Crippen molar-refractivity contribution in [2.45, 2.75) is 213 Å². The van der Waals surface area contributed by atoms with Crippen molar-refractivity contribution in [3.63, 3.8) is 0 Å². The largest absolute Gasteiger partial charge is 0.472 e. The van der Waals surface area contributed by atoms with Crippen molar-refractivity contribution in [1.82, 2.24) is 0 Å². The molecule has 0 aromatic carbocycles. The minimum atomic E-state index is -4.80. The van der Waals surface area contributed by atoms with Gasteiger partial charge in [-0.05, 0) is 122 Å². The summed E-state index contributed by atoms with van der Waals surface area (Å²) in [7, 11) is -4.80. The lowest BCUT2D eigenvalue weighted by Gasteiger charge is -2.21. The summed E-state index contributed by atoms with van der Waals surface area (Å²) < 4.78 is 39.3. The zero-order valence-corrected chi connectivity index (χ0v) is 49.2. The number of carbonyl (C=O) groups is 3. The quantitative estimate of drug-likeness (QED) is 0.0197. The Bertz CT molecular complexity index is 1910. The van der Waals surface area contributed by atoms with E-state index in [0.717, 1.165) is 109 Å². The van der Waals surface area contributed by atoms with Gasteiger partial charge >= 0.3 is 25.7 Å². The third kappa shape index (κ3) is 55.8. The SMILES string of the molecule is CC/C=C\C/C=C\C/C=C\C/C=C\C/C=C\C/C=C\CCC(=O)OC(COC(=O)CC/C=C\C/C=C\C/C=C\C/C=C\CC)COP(=O)(O)OCC(CO)OC(=O)CCCCCCCC/C=C\C/C=C\C/C=C\CCCCC. The van der Waals surface area contributed by atoms with Gasteiger partial charge in [-0.1, -0.05) is 217 Å². The number of rotatable bonds is 52. The van der Waals surface area contributed by atoms with Gasteiger partial charge in [0.1, 0.15) is 12.7 Å². The van der Waals surface area contributed by atoms with Crippen LogP contribution in [0.15, 0.2) is 158 Å². The van der Waals surface area contributed by atoms with Crippen LogP contribution in [0.25, 0.3) is 0 Å². The third-order valence-corrected chi connectivity index (χ3v) is 12.4. The predicted octanol–water partition coefficient (Wildman–Crippen LogP) is 17.7. The molecule has 0 aliphatic rings. The van der Waals surface area contributed by atoms with Gasteiger partial charge in [-0.3, -0.25) is 23.4 Å². The number of phosphoric acid groups is 1. The van der Waals surface area contributed by atoms with Crippen molar-refractivity contribution in [2.75, 3.05) is 26.4 Å². The molecule has 0 spiro atoms. The fraction of sp³-hybridized carbons (Fsp3) is 0.561. The molecule has 0 aromatic rings. The Balaban J connectivity index is 4.88. The molecule has 0 saturated heterocycles. The minimum absolute atomic E-state index is 0.0175. The number of unbranched alkanes of at least 4 members (excludes halogenated alkanes) is 9. The number of carbonyl (C=O) groups excluding carboxylic acids is 3. The van der Waals surface area contributed by atoms with Gasteiger partial charge in [0.15, 0.2) is 6.10 Å². The van der Waals surface area contributed by atoms with Gasteiger partial charge in [0.2, 0.25) is 0 Å². The first-order valence-corrected chi connectivity index (χ1v) is 30.9. The molecule has 0 rings (SSSR count). The Morgan fingerprint density at radius 2 is 0.692 bits per heavy atom. The molecule has 0 radical (unpaired) electrons. The summed E-state index contributed by atoms with van der Waals surface area (Å²) in [5.74, 6) is -1.70. The highest BCUT2D eigenvalue weighted by molar-refractivity contribution is 7.47. The summed E-state index contributed by atoms with van der Waals surface area (Å²) in [5, 5.41) is 9.83. The minimum Gasteiger partial charge on any atom is -0.462 e. The van der Waals surface area contributed by atoms with E-state index >= 15 is 0 Å². The molecule has 2 N–H and O–H groups in total. The number of hydrogen-bond acceptors (Lipinski definition) is 10. The second-order valence-corrected chi connectivity index (χ2v) is 20.1. The zero-order chi connectivity index (χ0) is 56.9. The van der Waals surface area contributed by atoms with Gasteiger partial charge in [0, 0.05) is 19.3 Å². The fourth-order valence-corrected chi connectivity index (χ4v) is 7.83. The molecular weight excluding hydrogens is 1000 g/mol. The average Bonchev–Trinajstić information content (AvgIpc) is 3.43. The van der Waals surface area contributed by atoms with Crippen molar-refractivity contribution in [2.24, 2.45) is 0 Å². The van der Waals surface area contributed by atoms with Crippen LogP contribution in [-0.4, -0.2) is 66.5 Å². The van der Waals surface area contributed by atoms with E-state index < -0.39 is 64.4 Å². The van der Waals surface area contributed by atoms with Crippen LogP contribution in [0.4, 0.5) is 0 Å². The van der Waals surface area contributed by atoms with Crippen LogP contribution in [-0.2, 0) is 42.2 Å². The second kappa shape index (κ2) is 58.3. The Labute approximate surface area is 473 Å². The van der Waals surface area contributed by atoms with Gasteiger partial charge in [-0.25, -0.2) is 4.57 Å². The molecule has 438 valence electrons. The number of aliphatic hydroxyl groups excluding tert-OH is 1. The molecule has 11 nitrogen and oxygen atoms in total. The monoisotopic (exact) mass is 1100 g/mol. The number of esters is 3. The number of allylic oxidation sites excluding steroid dienone is 26. The number of phosphoric ester groups is 1. The first kappa shape index (κ1) is 73.1. The molecule has 0 saturated carbocycles. The maximum absolute atomic E-state index is 12.9. The molecule has 12 heteroatoms. The molecule has 0 aliphatic carbocycles. The average molecular weight is 1100 g/mol. The van der Waals surface area contributed by atoms with Crippen LogP contribution in [0, 0.1) is 0 Å². The molecule has 0 heterocycles. The number of aliphatic hydroxyl groups is 1. The maximum atomic E-state index is 12.9. The summed E-state index contributed by atoms with van der Waals surface area (Å²) in [4.78, 5) is 48.5. The number of ether oxygens (including phenoxy) is 3. The normalized spacial score (nSPS) is 14.5. The highest BCUT2D eigenvalue weighted by atomic mass is 31.2. The van der Waals surface area contributed by atoms with Gasteiger partial charge in [0.25, 0.3) is 0 Å². The van der Waals surface area contributed by atoms with E-state index in [1.54, 1.807) is 0 Å². The van der Waals surface area contributed by atoms with Crippen LogP contribution in [0.3, 0.4) is 0 Å². The second-order valence-electron chi connectivity index (χ2n) is 18.7. The molecule has 0 aliphatic heterocycles. The predicted molar refractivity (Wildman–Crippen MR) is 325 cm³/mol. The first-order valence-electron chi connectivity index (χ1n) is 29.4. The molecular formula is C66H103O11P. The molecule has 78 heavy (non-hydrogen) atoms. The van der Waals surface area contributed by atoms with Crippen molar-refractivity contribution < 1.29 is 52.2 Å². The summed E-state index contributed by atoms with van der Waals surface area (Å²) in [6.45, 7) is 4.18. The molecule has 0 bridgehead atoms. The molecule has 0 fully saturated rings. The van der Waals surface area contributed by atoms with Crippen molar-refractivity contribution in [3.05, 3.63) is 158 Å². The van der Waals surface area contributed by atoms with Crippen LogP contribution < -0.4 is 0 Å². The van der Waals surface area contributed by atoms with E-state index in [4.69, 9.17) is 23.3 Å². The number of hydrogen-bond donors (Lipinski definition) is 2. The van der Waals surface area contributed by atoms with Crippen molar-refractivity contribution in [1.29, 1.82) is 0 Å². The maximum Gasteiger partial charge on any atom is 0.472 e. The van der Waals surface area contributed by atoms with E-state index in [2.05, 4.69) is 154 Å². The summed E-state index contributed by atoms with van der Waals surface area (Å²) in [6, 6.07) is 0. The Hall–Kier alpha value is -4.90. The van der Waals surface area contributed by atoms with Gasteiger partial charge in [-0.15, -0.1) is 0 Å². The molecule has 0 amide bonds. The van der Waals surface area contributed by atoms with Crippen LogP contribution in [0.1, 0.15) is 201 Å². The van der Waals surface area contributed by atoms with Crippen LogP contribution in [0.2, 0.25) is 0 Å². The first-order chi connectivity index (χ1) is 38.2. The zero-order valence-electron chi connectivity index (χ0n) is 48.3. The standard InChI is InChI=1S/C66H103O11P/c1-4-7-10-13-16-19-22-25-27-29-31-33-35-38-41-44-47-50-53-56-65(69)76-62(58-67)60-74-78(71,72)75-61-63(59-73-64(68)55-52-49-46-43-40-37-24-21-18-15-12-9-6-3)77-66(70)57-54-51-48-45-42-39-36-34-32-30-28-26-23-20-17-14-11-8-5-2/h8-9,11-12,16-21,25-28,31-34,37,39-40,42,46,48-49,51,62-63,67H,4-7,10,13-15,22-24,29-30,35-36,38,41,43-45,47,50,52-61H2,1-3H3,(H,71,72)/b11-8-,12-9-,19-16-,20-17-,21-18-,27-25-,28-26-,33-31-,34-32-,40-37-,42-39-,49-46-,51-48-. The van der Waals surface area contributed by atoms with Crippen molar-refractivity contribution in [3.8, 4) is 0 Å². The fourth-order valence-electron chi connectivity index (χ4n) is 7.05. The van der Waals surface area contributed by atoms with E-state index in [9.17, 15) is 28.9 Å². The Morgan fingerprint density at radius 3 is 1.10 bits per heavy atom. The van der Waals surface area contributed by atoms with E-state index in [1.165, 1.54) is 25.7 Å². The highest BCUT2D eigenvalue weighted by Gasteiger charge is 2.28. The lowest BCUT2D eigenvalue weighted by atomic mass is 10.1. The smallest absolute Gasteiger partial charge is 0.462 e. The lowest BCUT2D eigenvalue weighted by molar-refractivity contribution is -0.161.